The maximum atomic E-state index is 5.58. The Morgan fingerprint density at radius 1 is 1.25 bits per heavy atom. The molecule has 5 N–H and O–H groups in total. The first kappa shape index (κ1) is 14.9. The molecule has 0 spiro atoms. The van der Waals surface area contributed by atoms with Crippen molar-refractivity contribution in [3.63, 3.8) is 0 Å². The molecule has 0 unspecified atom stereocenters. The molecule has 0 aliphatic heterocycles. The van der Waals surface area contributed by atoms with Crippen LogP contribution in [0.3, 0.4) is 0 Å². The summed E-state index contributed by atoms with van der Waals surface area (Å²) in [7, 11) is 0. The topological polar surface area (TPSA) is 105 Å². The number of nitrogens with zero attached hydrogens (tertiary/aromatic N) is 3. The number of hydrogen-bond donors (Lipinski definition) is 4. The number of benzene rings is 1. The summed E-state index contributed by atoms with van der Waals surface area (Å²) in [5.41, 5.74) is 8.74. The number of nitrogens with two attached hydrogens (primary N) is 1. The van der Waals surface area contributed by atoms with Crippen molar-refractivity contribution in [1.82, 2.24) is 20.2 Å². The van der Waals surface area contributed by atoms with Gasteiger partial charge in [0.05, 0.1) is 11.7 Å². The average molecular weight is 323 g/mol. The van der Waals surface area contributed by atoms with Crippen LogP contribution in [-0.2, 0) is 0 Å². The second kappa shape index (κ2) is 6.45. The largest absolute Gasteiger partial charge is 0.370 e. The molecule has 0 bridgehead atoms. The predicted octanol–water partition coefficient (Wildman–Crippen LogP) is 2.73. The number of nitrogens with one attached hydrogen (secondary N) is 3. The SMILES string of the molecule is NCCCNc1nc(Nc2ccc3[nH]ncc3c2)ncc1C1CC1. The minimum absolute atomic E-state index is 0.595. The number of aromatic amines is 1. The van der Waals surface area contributed by atoms with Gasteiger partial charge in [0.25, 0.3) is 0 Å². The van der Waals surface area contributed by atoms with Gasteiger partial charge in [-0.15, -0.1) is 0 Å². The van der Waals surface area contributed by atoms with Gasteiger partial charge in [-0.2, -0.15) is 10.1 Å². The van der Waals surface area contributed by atoms with Crippen molar-refractivity contribution in [3.05, 3.63) is 36.2 Å². The zero-order valence-electron chi connectivity index (χ0n) is 13.4. The van der Waals surface area contributed by atoms with E-state index in [-0.39, 0.29) is 0 Å². The van der Waals surface area contributed by atoms with E-state index in [1.807, 2.05) is 24.4 Å². The molecule has 0 saturated heterocycles. The van der Waals surface area contributed by atoms with Crippen LogP contribution in [0.4, 0.5) is 17.5 Å². The monoisotopic (exact) mass is 323 g/mol. The number of H-pyrrole nitrogens is 1. The molecule has 2 heterocycles. The van der Waals surface area contributed by atoms with Crippen molar-refractivity contribution in [3.8, 4) is 0 Å². The summed E-state index contributed by atoms with van der Waals surface area (Å²) in [6, 6.07) is 6.00. The van der Waals surface area contributed by atoms with E-state index in [2.05, 4.69) is 30.8 Å². The van der Waals surface area contributed by atoms with Crippen LogP contribution >= 0.6 is 0 Å². The van der Waals surface area contributed by atoms with Gasteiger partial charge in [0.2, 0.25) is 5.95 Å². The third-order valence-corrected chi connectivity index (χ3v) is 4.20. The highest BCUT2D eigenvalue weighted by atomic mass is 15.1. The van der Waals surface area contributed by atoms with E-state index in [0.717, 1.165) is 35.4 Å². The Balaban J connectivity index is 1.56. The van der Waals surface area contributed by atoms with E-state index < -0.39 is 0 Å². The third kappa shape index (κ3) is 3.16. The highest BCUT2D eigenvalue weighted by molar-refractivity contribution is 5.82. The van der Waals surface area contributed by atoms with E-state index in [1.165, 1.54) is 18.4 Å². The molecule has 3 aromatic rings. The zero-order valence-corrected chi connectivity index (χ0v) is 13.4. The maximum absolute atomic E-state index is 5.58. The Morgan fingerprint density at radius 3 is 3.00 bits per heavy atom. The quantitative estimate of drug-likeness (QED) is 0.498. The molecule has 1 saturated carbocycles. The summed E-state index contributed by atoms with van der Waals surface area (Å²) in [6.07, 6.45) is 7.11. The van der Waals surface area contributed by atoms with E-state index in [9.17, 15) is 0 Å². The van der Waals surface area contributed by atoms with Crippen LogP contribution in [0.1, 0.15) is 30.7 Å². The molecule has 0 radical (unpaired) electrons. The molecule has 1 fully saturated rings. The van der Waals surface area contributed by atoms with Gasteiger partial charge in [-0.05, 0) is 49.9 Å². The van der Waals surface area contributed by atoms with Gasteiger partial charge < -0.3 is 16.4 Å². The van der Waals surface area contributed by atoms with Gasteiger partial charge in [-0.25, -0.2) is 4.98 Å². The van der Waals surface area contributed by atoms with Crippen LogP contribution < -0.4 is 16.4 Å². The second-order valence-corrected chi connectivity index (χ2v) is 6.14. The lowest BCUT2D eigenvalue weighted by Crippen LogP contribution is -2.12. The van der Waals surface area contributed by atoms with E-state index in [4.69, 9.17) is 5.73 Å². The first-order valence-electron chi connectivity index (χ1n) is 8.34. The molecule has 4 rings (SSSR count). The minimum atomic E-state index is 0.595. The van der Waals surface area contributed by atoms with Crippen LogP contribution in [0.15, 0.2) is 30.6 Å². The smallest absolute Gasteiger partial charge is 0.229 e. The highest BCUT2D eigenvalue weighted by Gasteiger charge is 2.27. The molecular formula is C17H21N7. The van der Waals surface area contributed by atoms with Crippen molar-refractivity contribution in [2.24, 2.45) is 5.73 Å². The fraction of sp³-hybridized carbons (Fsp3) is 0.353. The summed E-state index contributed by atoms with van der Waals surface area (Å²) in [5, 5.41) is 14.7. The number of rotatable bonds is 7. The lowest BCUT2D eigenvalue weighted by molar-refractivity contribution is 0.865. The number of anilines is 3. The van der Waals surface area contributed by atoms with Gasteiger partial charge in [-0.3, -0.25) is 5.10 Å². The number of aromatic nitrogens is 4. The van der Waals surface area contributed by atoms with E-state index in [1.54, 1.807) is 6.20 Å². The van der Waals surface area contributed by atoms with Crippen molar-refractivity contribution < 1.29 is 0 Å². The van der Waals surface area contributed by atoms with Crippen molar-refractivity contribution in [2.75, 3.05) is 23.7 Å². The molecule has 0 atom stereocenters. The molecule has 7 heteroatoms. The first-order valence-corrected chi connectivity index (χ1v) is 8.34. The van der Waals surface area contributed by atoms with Crippen LogP contribution in [0, 0.1) is 0 Å². The molecule has 2 aromatic heterocycles. The average Bonchev–Trinajstić information content (AvgIpc) is 3.33. The van der Waals surface area contributed by atoms with Crippen molar-refractivity contribution in [1.29, 1.82) is 0 Å². The normalized spacial score (nSPS) is 14.0. The predicted molar refractivity (Wildman–Crippen MR) is 95.5 cm³/mol. The maximum Gasteiger partial charge on any atom is 0.229 e. The molecule has 1 aromatic carbocycles. The van der Waals surface area contributed by atoms with Crippen LogP contribution in [-0.4, -0.2) is 33.3 Å². The van der Waals surface area contributed by atoms with Gasteiger partial charge in [0, 0.05) is 29.4 Å². The summed E-state index contributed by atoms with van der Waals surface area (Å²) < 4.78 is 0. The lowest BCUT2D eigenvalue weighted by Gasteiger charge is -2.12. The fourth-order valence-corrected chi connectivity index (χ4v) is 2.74. The van der Waals surface area contributed by atoms with Crippen molar-refractivity contribution >= 4 is 28.4 Å². The third-order valence-electron chi connectivity index (χ3n) is 4.20. The molecule has 124 valence electrons. The fourth-order valence-electron chi connectivity index (χ4n) is 2.74. The van der Waals surface area contributed by atoms with Crippen LogP contribution in [0.5, 0.6) is 0 Å². The van der Waals surface area contributed by atoms with Crippen LogP contribution in [0.2, 0.25) is 0 Å². The van der Waals surface area contributed by atoms with Crippen molar-refractivity contribution in [2.45, 2.75) is 25.2 Å². The Kier molecular flexibility index (Phi) is 4.00. The molecule has 1 aliphatic carbocycles. The van der Waals surface area contributed by atoms with Crippen LogP contribution in [0.25, 0.3) is 10.9 Å². The highest BCUT2D eigenvalue weighted by Crippen LogP contribution is 2.42. The lowest BCUT2D eigenvalue weighted by atomic mass is 10.2. The summed E-state index contributed by atoms with van der Waals surface area (Å²) in [6.45, 7) is 1.50. The zero-order chi connectivity index (χ0) is 16.4. The molecule has 0 amide bonds. The molecule has 7 nitrogen and oxygen atoms in total. The summed E-state index contributed by atoms with van der Waals surface area (Å²) >= 11 is 0. The second-order valence-electron chi connectivity index (χ2n) is 6.14. The Morgan fingerprint density at radius 2 is 2.17 bits per heavy atom. The molecular weight excluding hydrogens is 302 g/mol. The summed E-state index contributed by atoms with van der Waals surface area (Å²) in [4.78, 5) is 9.15. The molecule has 1 aliphatic rings. The Bertz CT molecular complexity index is 838. The van der Waals surface area contributed by atoms with Gasteiger partial charge in [-0.1, -0.05) is 0 Å². The number of fused-ring (bicyclic) bond motifs is 1. The Labute approximate surface area is 140 Å². The standard InChI is InChI=1S/C17H21N7/c18-6-1-7-19-16-14(11-2-3-11)10-20-17(23-16)22-13-4-5-15-12(8-13)9-21-24-15/h4-5,8-11H,1-3,6-7,18H2,(H,21,24)(H2,19,20,22,23). The van der Waals surface area contributed by atoms with Gasteiger partial charge >= 0.3 is 0 Å². The summed E-state index contributed by atoms with van der Waals surface area (Å²) in [5.74, 6) is 2.12. The van der Waals surface area contributed by atoms with E-state index >= 15 is 0 Å². The first-order chi connectivity index (χ1) is 11.8. The van der Waals surface area contributed by atoms with Gasteiger partial charge in [0.15, 0.2) is 0 Å². The number of hydrogen-bond acceptors (Lipinski definition) is 6. The Hall–Kier alpha value is -2.67. The molecule has 24 heavy (non-hydrogen) atoms. The van der Waals surface area contributed by atoms with Gasteiger partial charge in [0.1, 0.15) is 5.82 Å². The van der Waals surface area contributed by atoms with E-state index in [0.29, 0.717) is 18.4 Å². The minimum Gasteiger partial charge on any atom is -0.370 e.